The average Bonchev–Trinajstić information content (AvgIpc) is 3.10. The maximum Gasteiger partial charge on any atom is 0.227 e. The summed E-state index contributed by atoms with van der Waals surface area (Å²) in [4.78, 5) is 32.4. The molecule has 0 unspecified atom stereocenters. The van der Waals surface area contributed by atoms with Crippen molar-refractivity contribution in [2.24, 2.45) is 5.92 Å². The molecule has 0 radical (unpaired) electrons. The molecule has 0 spiro atoms. The quantitative estimate of drug-likeness (QED) is 0.925. The largest absolute Gasteiger partial charge is 0.362 e. The van der Waals surface area contributed by atoms with Crippen LogP contribution < -0.4 is 0 Å². The van der Waals surface area contributed by atoms with E-state index >= 15 is 0 Å². The number of aromatic amines is 1. The van der Waals surface area contributed by atoms with E-state index in [-0.39, 0.29) is 11.8 Å². The highest BCUT2D eigenvalue weighted by Gasteiger charge is 2.29. The SMILES string of the molecule is Cc1cc(CC(=O)N2CCCN(C(=O)C3CCCC3)CC2)c(C)[nH]1. The van der Waals surface area contributed by atoms with Crippen LogP contribution in [0.5, 0.6) is 0 Å². The number of nitrogens with zero attached hydrogens (tertiary/aromatic N) is 2. The molecule has 0 atom stereocenters. The van der Waals surface area contributed by atoms with Crippen LogP contribution >= 0.6 is 0 Å². The summed E-state index contributed by atoms with van der Waals surface area (Å²) in [5, 5.41) is 0. The number of hydrogen-bond donors (Lipinski definition) is 1. The van der Waals surface area contributed by atoms with Gasteiger partial charge >= 0.3 is 0 Å². The molecule has 5 nitrogen and oxygen atoms in total. The van der Waals surface area contributed by atoms with Gasteiger partial charge in [0, 0.05) is 43.5 Å². The van der Waals surface area contributed by atoms with Crippen LogP contribution in [0, 0.1) is 19.8 Å². The van der Waals surface area contributed by atoms with Crippen molar-refractivity contribution < 1.29 is 9.59 Å². The summed E-state index contributed by atoms with van der Waals surface area (Å²) in [6, 6.07) is 2.06. The van der Waals surface area contributed by atoms with Crippen molar-refractivity contribution in [3.63, 3.8) is 0 Å². The predicted molar refractivity (Wildman–Crippen MR) is 93.7 cm³/mol. The minimum atomic E-state index is 0.173. The van der Waals surface area contributed by atoms with E-state index in [2.05, 4.69) is 11.1 Å². The Bertz CT molecular complexity index is 602. The molecule has 2 heterocycles. The van der Waals surface area contributed by atoms with Gasteiger partial charge < -0.3 is 14.8 Å². The van der Waals surface area contributed by atoms with Gasteiger partial charge in [-0.3, -0.25) is 9.59 Å². The summed E-state index contributed by atoms with van der Waals surface area (Å²) in [5.41, 5.74) is 3.26. The van der Waals surface area contributed by atoms with Crippen molar-refractivity contribution in [2.45, 2.75) is 52.4 Å². The highest BCUT2D eigenvalue weighted by atomic mass is 16.2. The lowest BCUT2D eigenvalue weighted by atomic mass is 10.1. The Hall–Kier alpha value is -1.78. The van der Waals surface area contributed by atoms with Gasteiger partial charge in [0.2, 0.25) is 11.8 Å². The van der Waals surface area contributed by atoms with E-state index in [1.54, 1.807) is 0 Å². The molecule has 132 valence electrons. The van der Waals surface area contributed by atoms with Crippen molar-refractivity contribution in [3.8, 4) is 0 Å². The second-order valence-corrected chi connectivity index (χ2v) is 7.32. The maximum atomic E-state index is 12.6. The Morgan fingerprint density at radius 2 is 1.71 bits per heavy atom. The lowest BCUT2D eigenvalue weighted by molar-refractivity contribution is -0.136. The molecule has 1 aromatic rings. The molecule has 1 aromatic heterocycles. The highest BCUT2D eigenvalue weighted by Crippen LogP contribution is 2.27. The van der Waals surface area contributed by atoms with Crippen LogP contribution in [0.25, 0.3) is 0 Å². The summed E-state index contributed by atoms with van der Waals surface area (Å²) in [5.74, 6) is 0.726. The number of hydrogen-bond acceptors (Lipinski definition) is 2. The van der Waals surface area contributed by atoms with Gasteiger partial charge in [-0.1, -0.05) is 12.8 Å². The number of aromatic nitrogens is 1. The summed E-state index contributed by atoms with van der Waals surface area (Å²) in [6.45, 7) is 6.93. The fraction of sp³-hybridized carbons (Fsp3) is 0.684. The first-order valence-electron chi connectivity index (χ1n) is 9.26. The van der Waals surface area contributed by atoms with Gasteiger partial charge in [-0.25, -0.2) is 0 Å². The Morgan fingerprint density at radius 3 is 2.38 bits per heavy atom. The standard InChI is InChI=1S/C19H29N3O2/c1-14-12-17(15(2)20-14)13-18(23)21-8-5-9-22(11-10-21)19(24)16-6-3-4-7-16/h12,16,20H,3-11,13H2,1-2H3. The predicted octanol–water partition coefficient (Wildman–Crippen LogP) is 2.43. The minimum Gasteiger partial charge on any atom is -0.362 e. The van der Waals surface area contributed by atoms with E-state index < -0.39 is 0 Å². The van der Waals surface area contributed by atoms with Gasteiger partial charge in [0.1, 0.15) is 0 Å². The monoisotopic (exact) mass is 331 g/mol. The molecule has 24 heavy (non-hydrogen) atoms. The van der Waals surface area contributed by atoms with Crippen LogP contribution in [0.15, 0.2) is 6.07 Å². The van der Waals surface area contributed by atoms with Crippen molar-refractivity contribution in [1.82, 2.24) is 14.8 Å². The minimum absolute atomic E-state index is 0.173. The van der Waals surface area contributed by atoms with Crippen molar-refractivity contribution in [2.75, 3.05) is 26.2 Å². The van der Waals surface area contributed by atoms with E-state index in [4.69, 9.17) is 0 Å². The Kier molecular flexibility index (Phi) is 5.27. The molecule has 0 aromatic carbocycles. The summed E-state index contributed by atoms with van der Waals surface area (Å²) >= 11 is 0. The van der Waals surface area contributed by atoms with Gasteiger partial charge in [0.05, 0.1) is 6.42 Å². The zero-order valence-electron chi connectivity index (χ0n) is 14.9. The van der Waals surface area contributed by atoms with Crippen LogP contribution in [-0.2, 0) is 16.0 Å². The highest BCUT2D eigenvalue weighted by molar-refractivity contribution is 5.80. The Morgan fingerprint density at radius 1 is 1.04 bits per heavy atom. The zero-order valence-corrected chi connectivity index (χ0v) is 14.9. The van der Waals surface area contributed by atoms with Gasteiger partial charge in [0.25, 0.3) is 0 Å². The molecular weight excluding hydrogens is 302 g/mol. The van der Waals surface area contributed by atoms with E-state index in [1.165, 1.54) is 12.8 Å². The molecule has 3 rings (SSSR count). The third-order valence-corrected chi connectivity index (χ3v) is 5.46. The lowest BCUT2D eigenvalue weighted by Crippen LogP contribution is -2.39. The molecule has 5 heteroatoms. The smallest absolute Gasteiger partial charge is 0.227 e. The van der Waals surface area contributed by atoms with Gasteiger partial charge in [-0.05, 0) is 44.7 Å². The molecule has 2 aliphatic rings. The van der Waals surface area contributed by atoms with Crippen LogP contribution in [0.2, 0.25) is 0 Å². The van der Waals surface area contributed by atoms with Gasteiger partial charge in [0.15, 0.2) is 0 Å². The second-order valence-electron chi connectivity index (χ2n) is 7.32. The topological polar surface area (TPSA) is 56.4 Å². The third kappa shape index (κ3) is 3.82. The van der Waals surface area contributed by atoms with E-state index in [0.717, 1.165) is 49.3 Å². The zero-order chi connectivity index (χ0) is 17.1. The fourth-order valence-corrected chi connectivity index (χ4v) is 4.06. The molecule has 0 bridgehead atoms. The third-order valence-electron chi connectivity index (χ3n) is 5.46. The molecular formula is C19H29N3O2. The number of nitrogens with one attached hydrogen (secondary N) is 1. The van der Waals surface area contributed by atoms with Crippen LogP contribution in [0.3, 0.4) is 0 Å². The maximum absolute atomic E-state index is 12.6. The first-order chi connectivity index (χ1) is 11.5. The van der Waals surface area contributed by atoms with E-state index in [0.29, 0.717) is 25.4 Å². The van der Waals surface area contributed by atoms with Gasteiger partial charge in [-0.2, -0.15) is 0 Å². The summed E-state index contributed by atoms with van der Waals surface area (Å²) in [6.07, 6.45) is 5.80. The number of rotatable bonds is 3. The van der Waals surface area contributed by atoms with E-state index in [9.17, 15) is 9.59 Å². The molecule has 1 saturated carbocycles. The number of aryl methyl sites for hydroxylation is 2. The van der Waals surface area contributed by atoms with Crippen LogP contribution in [-0.4, -0.2) is 52.8 Å². The van der Waals surface area contributed by atoms with Crippen molar-refractivity contribution >= 4 is 11.8 Å². The number of carbonyl (C=O) groups is 2. The van der Waals surface area contributed by atoms with Crippen molar-refractivity contribution in [3.05, 3.63) is 23.0 Å². The number of carbonyl (C=O) groups excluding carboxylic acids is 2. The number of amides is 2. The number of H-pyrrole nitrogens is 1. The molecule has 2 amide bonds. The average molecular weight is 331 g/mol. The summed E-state index contributed by atoms with van der Waals surface area (Å²) < 4.78 is 0. The van der Waals surface area contributed by atoms with Crippen LogP contribution in [0.4, 0.5) is 0 Å². The molecule has 1 N–H and O–H groups in total. The molecule has 1 aliphatic carbocycles. The lowest BCUT2D eigenvalue weighted by Gasteiger charge is -2.24. The van der Waals surface area contributed by atoms with E-state index in [1.807, 2.05) is 23.6 Å². The normalized spacial score (nSPS) is 19.6. The second kappa shape index (κ2) is 7.41. The molecule has 1 aliphatic heterocycles. The molecule has 1 saturated heterocycles. The van der Waals surface area contributed by atoms with Crippen LogP contribution in [0.1, 0.15) is 49.1 Å². The van der Waals surface area contributed by atoms with Crippen molar-refractivity contribution in [1.29, 1.82) is 0 Å². The first kappa shape index (κ1) is 17.1. The first-order valence-corrected chi connectivity index (χ1v) is 9.26. The summed E-state index contributed by atoms with van der Waals surface area (Å²) in [7, 11) is 0. The van der Waals surface area contributed by atoms with Gasteiger partial charge in [-0.15, -0.1) is 0 Å². The Balaban J connectivity index is 1.55. The fourth-order valence-electron chi connectivity index (χ4n) is 4.06. The Labute approximate surface area is 144 Å². The molecule has 2 fully saturated rings.